The van der Waals surface area contributed by atoms with Crippen LogP contribution in [0.5, 0.6) is 5.75 Å². The summed E-state index contributed by atoms with van der Waals surface area (Å²) in [6.07, 6.45) is 3.79. The van der Waals surface area contributed by atoms with Gasteiger partial charge in [-0.2, -0.15) is 0 Å². The molecule has 0 spiro atoms. The molecule has 0 radical (unpaired) electrons. The molecule has 1 aromatic rings. The first-order valence-corrected chi connectivity index (χ1v) is 8.48. The topological polar surface area (TPSA) is 69.4 Å². The highest BCUT2D eigenvalue weighted by Gasteiger charge is 2.31. The summed E-state index contributed by atoms with van der Waals surface area (Å²) in [5.74, 6) is 1.60. The second kappa shape index (κ2) is 7.82. The number of nitrogens with two attached hydrogens (primary N) is 1. The van der Waals surface area contributed by atoms with Crippen molar-refractivity contribution in [2.45, 2.75) is 66.4 Å². The Labute approximate surface area is 145 Å². The number of benzene rings is 1. The van der Waals surface area contributed by atoms with E-state index in [-0.39, 0.29) is 11.0 Å². The summed E-state index contributed by atoms with van der Waals surface area (Å²) >= 11 is 0. The Morgan fingerprint density at radius 3 is 2.17 bits per heavy atom. The Morgan fingerprint density at radius 1 is 1.21 bits per heavy atom. The molecule has 1 aromatic carbocycles. The Bertz CT molecular complexity index is 576. The number of ketones is 1. The third-order valence-electron chi connectivity index (χ3n) is 3.35. The van der Waals surface area contributed by atoms with Crippen molar-refractivity contribution in [3.8, 4) is 5.75 Å². The highest BCUT2D eigenvalue weighted by molar-refractivity contribution is 5.84. The van der Waals surface area contributed by atoms with Gasteiger partial charge in [0, 0.05) is 29.7 Å². The predicted octanol–water partition coefficient (Wildman–Crippen LogP) is 4.66. The highest BCUT2D eigenvalue weighted by Crippen LogP contribution is 2.34. The fraction of sp³-hybridized carbons (Fsp3) is 0.600. The van der Waals surface area contributed by atoms with Crippen molar-refractivity contribution in [3.05, 3.63) is 23.8 Å². The van der Waals surface area contributed by atoms with Gasteiger partial charge in [0.2, 0.25) is 0 Å². The van der Waals surface area contributed by atoms with Gasteiger partial charge in [0.25, 0.3) is 0 Å². The summed E-state index contributed by atoms with van der Waals surface area (Å²) in [7, 11) is 0. The van der Waals surface area contributed by atoms with Crippen LogP contribution in [0, 0.1) is 11.3 Å². The van der Waals surface area contributed by atoms with Gasteiger partial charge in [-0.15, -0.1) is 0 Å². The first-order chi connectivity index (χ1) is 10.9. The largest absolute Gasteiger partial charge is 0.488 e. The molecule has 0 amide bonds. The van der Waals surface area contributed by atoms with E-state index >= 15 is 0 Å². The normalized spacial score (nSPS) is 14.4. The van der Waals surface area contributed by atoms with Crippen LogP contribution < -0.4 is 10.5 Å². The molecule has 0 aromatic heterocycles. The summed E-state index contributed by atoms with van der Waals surface area (Å²) < 4.78 is 5.59. The van der Waals surface area contributed by atoms with Crippen molar-refractivity contribution in [3.63, 3.8) is 0 Å². The standard InChI is InChI=1S/C11H15NO2.C9H16O/c1-11(2,3)14-9-5-4-8(7-13)10(12)6-9;1-9(2,3)6-8(10)7-4-5-7/h4-7H,12H2,1-3H3;7H,4-6H2,1-3H3. The minimum absolute atomic E-state index is 0.194. The molecule has 0 saturated heterocycles. The van der Waals surface area contributed by atoms with Gasteiger partial charge in [-0.1, -0.05) is 20.8 Å². The van der Waals surface area contributed by atoms with E-state index < -0.39 is 0 Å². The molecule has 134 valence electrons. The summed E-state index contributed by atoms with van der Waals surface area (Å²) in [4.78, 5) is 21.7. The number of Topliss-reactive ketones (excluding diaryl/α,β-unsaturated/α-hetero) is 1. The lowest BCUT2D eigenvalue weighted by Crippen LogP contribution is -2.23. The van der Waals surface area contributed by atoms with E-state index in [1.54, 1.807) is 18.2 Å². The van der Waals surface area contributed by atoms with Crippen LogP contribution in [0.1, 0.15) is 71.2 Å². The number of aldehydes is 1. The van der Waals surface area contributed by atoms with Crippen LogP contribution >= 0.6 is 0 Å². The Kier molecular flexibility index (Phi) is 6.58. The van der Waals surface area contributed by atoms with E-state index in [0.717, 1.165) is 25.5 Å². The van der Waals surface area contributed by atoms with Gasteiger partial charge in [0.1, 0.15) is 17.1 Å². The second-order valence-electron chi connectivity index (χ2n) is 8.60. The van der Waals surface area contributed by atoms with Crippen LogP contribution in [0.2, 0.25) is 0 Å². The Hall–Kier alpha value is -1.84. The molecule has 0 atom stereocenters. The quantitative estimate of drug-likeness (QED) is 0.642. The predicted molar refractivity (Wildman–Crippen MR) is 98.4 cm³/mol. The summed E-state index contributed by atoms with van der Waals surface area (Å²) in [6.45, 7) is 12.2. The van der Waals surface area contributed by atoms with Crippen LogP contribution in [-0.2, 0) is 4.79 Å². The lowest BCUT2D eigenvalue weighted by Gasteiger charge is -2.21. The smallest absolute Gasteiger partial charge is 0.152 e. The monoisotopic (exact) mass is 333 g/mol. The molecule has 1 aliphatic carbocycles. The first kappa shape index (κ1) is 20.2. The highest BCUT2D eigenvalue weighted by atomic mass is 16.5. The number of anilines is 1. The molecule has 2 N–H and O–H groups in total. The van der Waals surface area contributed by atoms with Crippen molar-refractivity contribution < 1.29 is 14.3 Å². The summed E-state index contributed by atoms with van der Waals surface area (Å²) in [5, 5.41) is 0. The number of hydrogen-bond donors (Lipinski definition) is 1. The first-order valence-electron chi connectivity index (χ1n) is 8.48. The molecular weight excluding hydrogens is 302 g/mol. The van der Waals surface area contributed by atoms with E-state index in [0.29, 0.717) is 28.7 Å². The fourth-order valence-corrected chi connectivity index (χ4v) is 2.15. The third kappa shape index (κ3) is 8.14. The molecule has 0 heterocycles. The molecule has 2 rings (SSSR count). The van der Waals surface area contributed by atoms with Crippen LogP contribution in [-0.4, -0.2) is 17.7 Å². The Morgan fingerprint density at radius 2 is 1.79 bits per heavy atom. The summed E-state index contributed by atoms with van der Waals surface area (Å²) in [6, 6.07) is 5.06. The number of carbonyl (C=O) groups is 2. The lowest BCUT2D eigenvalue weighted by atomic mass is 9.89. The van der Waals surface area contributed by atoms with E-state index in [9.17, 15) is 9.59 Å². The van der Waals surface area contributed by atoms with Gasteiger partial charge in [-0.05, 0) is 51.2 Å². The molecule has 4 heteroatoms. The molecular formula is C20H31NO3. The van der Waals surface area contributed by atoms with E-state index in [2.05, 4.69) is 20.8 Å². The van der Waals surface area contributed by atoms with Crippen molar-refractivity contribution in [2.75, 3.05) is 5.73 Å². The summed E-state index contributed by atoms with van der Waals surface area (Å²) in [5.41, 5.74) is 6.52. The lowest BCUT2D eigenvalue weighted by molar-refractivity contribution is -0.121. The minimum Gasteiger partial charge on any atom is -0.488 e. The number of ether oxygens (including phenoxy) is 1. The number of rotatable bonds is 4. The van der Waals surface area contributed by atoms with Crippen LogP contribution in [0.3, 0.4) is 0 Å². The maximum Gasteiger partial charge on any atom is 0.152 e. The minimum atomic E-state index is -0.255. The van der Waals surface area contributed by atoms with Gasteiger partial charge >= 0.3 is 0 Å². The molecule has 4 nitrogen and oxygen atoms in total. The van der Waals surface area contributed by atoms with Gasteiger partial charge in [-0.25, -0.2) is 0 Å². The zero-order valence-electron chi connectivity index (χ0n) is 15.8. The SMILES string of the molecule is CC(C)(C)CC(=O)C1CC1.CC(C)(C)Oc1ccc(C=O)c(N)c1. The number of hydrogen-bond acceptors (Lipinski definition) is 4. The fourth-order valence-electron chi connectivity index (χ4n) is 2.15. The Balaban J connectivity index is 0.000000254. The van der Waals surface area contributed by atoms with Gasteiger partial charge in [0.15, 0.2) is 6.29 Å². The zero-order valence-corrected chi connectivity index (χ0v) is 15.8. The van der Waals surface area contributed by atoms with Crippen molar-refractivity contribution in [1.82, 2.24) is 0 Å². The molecule has 24 heavy (non-hydrogen) atoms. The van der Waals surface area contributed by atoms with Crippen LogP contribution in [0.15, 0.2) is 18.2 Å². The maximum atomic E-state index is 11.2. The van der Waals surface area contributed by atoms with Gasteiger partial charge in [-0.3, -0.25) is 9.59 Å². The average Bonchev–Trinajstić information content (AvgIpc) is 3.19. The maximum absolute atomic E-state index is 11.2. The van der Waals surface area contributed by atoms with E-state index in [1.807, 2.05) is 20.8 Å². The third-order valence-corrected chi connectivity index (χ3v) is 3.35. The second-order valence-corrected chi connectivity index (χ2v) is 8.60. The van der Waals surface area contributed by atoms with Gasteiger partial charge < -0.3 is 10.5 Å². The van der Waals surface area contributed by atoms with Crippen molar-refractivity contribution in [1.29, 1.82) is 0 Å². The van der Waals surface area contributed by atoms with Crippen molar-refractivity contribution >= 4 is 17.8 Å². The molecule has 1 fully saturated rings. The molecule has 0 bridgehead atoms. The van der Waals surface area contributed by atoms with Crippen LogP contribution in [0.4, 0.5) is 5.69 Å². The average molecular weight is 333 g/mol. The molecule has 0 aliphatic heterocycles. The van der Waals surface area contributed by atoms with Gasteiger partial charge in [0.05, 0.1) is 0 Å². The van der Waals surface area contributed by atoms with E-state index in [1.165, 1.54) is 0 Å². The van der Waals surface area contributed by atoms with Crippen molar-refractivity contribution in [2.24, 2.45) is 11.3 Å². The molecule has 1 saturated carbocycles. The van der Waals surface area contributed by atoms with E-state index in [4.69, 9.17) is 10.5 Å². The number of nitrogen functional groups attached to an aromatic ring is 1. The molecule has 1 aliphatic rings. The zero-order chi connectivity index (χ0) is 18.5. The van der Waals surface area contributed by atoms with Crippen LogP contribution in [0.25, 0.3) is 0 Å². The molecule has 0 unspecified atom stereocenters. The number of carbonyl (C=O) groups excluding carboxylic acids is 2.